The molecule has 3 aromatic rings. The van der Waals surface area contributed by atoms with Gasteiger partial charge >= 0.3 is 0 Å². The second-order valence-corrected chi connectivity index (χ2v) is 11.3. The highest BCUT2D eigenvalue weighted by Gasteiger charge is 2.19. The van der Waals surface area contributed by atoms with Crippen molar-refractivity contribution in [3.8, 4) is 23.0 Å². The Hall–Kier alpha value is -3.07. The molecule has 0 aliphatic carbocycles. The molecule has 0 bridgehead atoms. The highest BCUT2D eigenvalue weighted by molar-refractivity contribution is 7.57. The van der Waals surface area contributed by atoms with Gasteiger partial charge in [0.05, 0.1) is 13.2 Å². The average Bonchev–Trinajstić information content (AvgIpc) is 2.93. The van der Waals surface area contributed by atoms with Crippen molar-refractivity contribution in [2.45, 2.75) is 25.6 Å². The van der Waals surface area contributed by atoms with Gasteiger partial charge in [-0.1, -0.05) is 30.3 Å². The number of rotatable bonds is 17. The van der Waals surface area contributed by atoms with E-state index in [1.54, 1.807) is 18.2 Å². The maximum atomic E-state index is 12.3. The predicted molar refractivity (Wildman–Crippen MR) is 145 cm³/mol. The van der Waals surface area contributed by atoms with Crippen molar-refractivity contribution in [2.75, 3.05) is 38.8 Å². The fourth-order valence-corrected chi connectivity index (χ4v) is 4.64. The van der Waals surface area contributed by atoms with Gasteiger partial charge in [0.15, 0.2) is 6.35 Å². The van der Waals surface area contributed by atoms with Crippen LogP contribution in [0.25, 0.3) is 0 Å². The Morgan fingerprint density at radius 2 is 1.61 bits per heavy atom. The summed E-state index contributed by atoms with van der Waals surface area (Å²) >= 11 is 0. The van der Waals surface area contributed by atoms with Crippen molar-refractivity contribution in [3.63, 3.8) is 0 Å². The molecule has 5 N–H and O–H groups in total. The molecule has 0 radical (unpaired) electrons. The van der Waals surface area contributed by atoms with E-state index >= 15 is 0 Å². The second-order valence-electron chi connectivity index (χ2n) is 8.87. The fraction of sp³-hybridized carbons (Fsp3) is 0.357. The fourth-order valence-electron chi connectivity index (χ4n) is 3.54. The largest absolute Gasteiger partial charge is 0.508 e. The first-order chi connectivity index (χ1) is 18.3. The molecule has 0 heterocycles. The molecule has 0 amide bonds. The number of hydrogen-bond acceptors (Lipinski definition) is 8. The van der Waals surface area contributed by atoms with E-state index in [4.69, 9.17) is 14.2 Å². The summed E-state index contributed by atoms with van der Waals surface area (Å²) in [7, 11) is -3.39. The Labute approximate surface area is 223 Å². The molecule has 0 aliphatic heterocycles. The van der Waals surface area contributed by atoms with E-state index in [0.717, 1.165) is 12.0 Å². The third-order valence-corrected chi connectivity index (χ3v) is 7.20. The van der Waals surface area contributed by atoms with E-state index in [1.165, 1.54) is 12.1 Å². The zero-order valence-corrected chi connectivity index (χ0v) is 22.1. The molecule has 0 aliphatic rings. The molecular weight excluding hydrogens is 509 g/mol. The molecule has 38 heavy (non-hydrogen) atoms. The lowest BCUT2D eigenvalue weighted by atomic mass is 10.1. The first kappa shape index (κ1) is 29.5. The van der Waals surface area contributed by atoms with Crippen molar-refractivity contribution in [1.29, 1.82) is 0 Å². The van der Waals surface area contributed by atoms with Crippen LogP contribution in [0.3, 0.4) is 0 Å². The van der Waals surface area contributed by atoms with Gasteiger partial charge in [0, 0.05) is 18.3 Å². The monoisotopic (exact) mass is 545 g/mol. The topological polar surface area (TPSA) is 138 Å². The minimum atomic E-state index is -3.39. The van der Waals surface area contributed by atoms with Gasteiger partial charge in [0.1, 0.15) is 35.7 Å². The Morgan fingerprint density at radius 3 is 2.34 bits per heavy atom. The van der Waals surface area contributed by atoms with Gasteiger partial charge in [-0.2, -0.15) is 0 Å². The lowest BCUT2D eigenvalue weighted by Gasteiger charge is -2.14. The van der Waals surface area contributed by atoms with Gasteiger partial charge < -0.3 is 39.7 Å². The first-order valence-electron chi connectivity index (χ1n) is 12.5. The van der Waals surface area contributed by atoms with Crippen LogP contribution in [0.4, 0.5) is 0 Å². The van der Waals surface area contributed by atoms with Gasteiger partial charge in [-0.15, -0.1) is 0 Å². The Bertz CT molecular complexity index is 1140. The number of aliphatic hydroxyl groups excluding tert-OH is 2. The molecule has 0 spiro atoms. The molecule has 206 valence electrons. The van der Waals surface area contributed by atoms with Crippen molar-refractivity contribution in [2.24, 2.45) is 0 Å². The Balaban J connectivity index is 1.26. The lowest BCUT2D eigenvalue weighted by molar-refractivity contribution is 0.106. The highest BCUT2D eigenvalue weighted by atomic mass is 31.2. The summed E-state index contributed by atoms with van der Waals surface area (Å²) < 4.78 is 28.9. The number of benzene rings is 3. The van der Waals surface area contributed by atoms with E-state index < -0.39 is 13.5 Å². The summed E-state index contributed by atoms with van der Waals surface area (Å²) in [6.07, 6.45) is 0.406. The van der Waals surface area contributed by atoms with Crippen LogP contribution in [-0.2, 0) is 17.6 Å². The molecule has 3 rings (SSSR count). The van der Waals surface area contributed by atoms with Crippen molar-refractivity contribution < 1.29 is 39.0 Å². The summed E-state index contributed by atoms with van der Waals surface area (Å²) in [5, 5.41) is 32.1. The summed E-state index contributed by atoms with van der Waals surface area (Å²) in [4.78, 5) is 10.1. The van der Waals surface area contributed by atoms with Crippen LogP contribution >= 0.6 is 7.37 Å². The third-order valence-electron chi connectivity index (χ3n) is 5.65. The zero-order chi connectivity index (χ0) is 27.2. The molecule has 0 aromatic heterocycles. The lowest BCUT2D eigenvalue weighted by Crippen LogP contribution is -2.32. The molecule has 3 aromatic carbocycles. The van der Waals surface area contributed by atoms with Crippen LogP contribution in [0, 0.1) is 0 Å². The third kappa shape index (κ3) is 10.7. The normalized spacial score (nSPS) is 13.4. The van der Waals surface area contributed by atoms with Gasteiger partial charge in [0.25, 0.3) is 0 Å². The highest BCUT2D eigenvalue weighted by Crippen LogP contribution is 2.41. The minimum Gasteiger partial charge on any atom is -0.508 e. The predicted octanol–water partition coefficient (Wildman–Crippen LogP) is 3.53. The molecule has 9 nitrogen and oxygen atoms in total. The molecule has 1 unspecified atom stereocenters. The van der Waals surface area contributed by atoms with Gasteiger partial charge in [-0.25, -0.2) is 0 Å². The molecular formula is C28H36NO8P. The zero-order valence-electron chi connectivity index (χ0n) is 21.2. The summed E-state index contributed by atoms with van der Waals surface area (Å²) in [6, 6.07) is 21.2. The van der Waals surface area contributed by atoms with Crippen molar-refractivity contribution in [3.05, 3.63) is 83.9 Å². The molecule has 10 heteroatoms. The van der Waals surface area contributed by atoms with E-state index in [0.29, 0.717) is 48.9 Å². The summed E-state index contributed by atoms with van der Waals surface area (Å²) in [5.74, 6) is 1.74. The maximum absolute atomic E-state index is 12.3. The number of hydrogen-bond donors (Lipinski definition) is 5. The molecule has 0 saturated heterocycles. The van der Waals surface area contributed by atoms with Crippen LogP contribution < -0.4 is 19.5 Å². The maximum Gasteiger partial charge on any atom is 0.237 e. The minimum absolute atomic E-state index is 0.000513. The van der Waals surface area contributed by atoms with Gasteiger partial charge in [-0.3, -0.25) is 4.57 Å². The van der Waals surface area contributed by atoms with Crippen LogP contribution in [0.2, 0.25) is 0 Å². The van der Waals surface area contributed by atoms with Crippen LogP contribution in [-0.4, -0.2) is 65.1 Å². The molecule has 0 fully saturated rings. The van der Waals surface area contributed by atoms with Gasteiger partial charge in [-0.05, 0) is 67.4 Å². The number of ether oxygens (including phenoxy) is 3. The number of phenols is 1. The number of aliphatic hydroxyl groups is 2. The first-order valence-corrected chi connectivity index (χ1v) is 14.5. The standard InChI is InChI=1S/C28H36NO8P/c30-19-23-17-27(11-12-28(23)32)36-20-24(31)18-29-14-13-22-7-9-26(10-8-22)35-15-4-16-38(33,34)21-37-25-5-2-1-3-6-25/h1-3,5-12,17,24,29-32H,4,13-16,18-21H2,(H,33,34)/t24-/m0/s1. The quantitative estimate of drug-likeness (QED) is 0.127. The van der Waals surface area contributed by atoms with E-state index in [2.05, 4.69) is 5.32 Å². The number of para-hydroxylation sites is 1. The smallest absolute Gasteiger partial charge is 0.237 e. The van der Waals surface area contributed by atoms with E-state index in [-0.39, 0.29) is 31.5 Å². The Kier molecular flexibility index (Phi) is 11.9. The van der Waals surface area contributed by atoms with E-state index in [9.17, 15) is 24.8 Å². The SMILES string of the molecule is O=P(O)(CCCOc1ccc(CCNC[C@H](O)COc2ccc(O)c(CO)c2)cc1)COc1ccccc1. The summed E-state index contributed by atoms with van der Waals surface area (Å²) in [6.45, 7) is 1.15. The van der Waals surface area contributed by atoms with E-state index in [1.807, 2.05) is 42.5 Å². The van der Waals surface area contributed by atoms with Crippen LogP contribution in [0.1, 0.15) is 17.5 Å². The Morgan fingerprint density at radius 1 is 0.895 bits per heavy atom. The van der Waals surface area contributed by atoms with Gasteiger partial charge in [0.2, 0.25) is 7.37 Å². The van der Waals surface area contributed by atoms with Crippen molar-refractivity contribution in [1.82, 2.24) is 5.32 Å². The molecule has 2 atom stereocenters. The number of aromatic hydroxyl groups is 1. The van der Waals surface area contributed by atoms with Crippen LogP contribution in [0.15, 0.2) is 72.8 Å². The van der Waals surface area contributed by atoms with Crippen molar-refractivity contribution >= 4 is 7.37 Å². The second kappa shape index (κ2) is 15.4. The summed E-state index contributed by atoms with van der Waals surface area (Å²) in [5.41, 5.74) is 1.47. The van der Waals surface area contributed by atoms with Crippen LogP contribution in [0.5, 0.6) is 23.0 Å². The average molecular weight is 546 g/mol. The number of nitrogens with one attached hydrogen (secondary N) is 1. The molecule has 0 saturated carbocycles.